The second-order valence-corrected chi connectivity index (χ2v) is 5.25. The van der Waals surface area contributed by atoms with Gasteiger partial charge in [-0.15, -0.1) is 12.4 Å². The molecule has 1 atom stereocenters. The van der Waals surface area contributed by atoms with Gasteiger partial charge in [0.2, 0.25) is 5.91 Å². The number of carbonyl (C=O) groups is 1. The number of halogens is 3. The molecule has 0 saturated heterocycles. The number of hydrogen-bond acceptors (Lipinski definition) is 2. The Morgan fingerprint density at radius 3 is 2.40 bits per heavy atom. The van der Waals surface area contributed by atoms with Gasteiger partial charge in [0.15, 0.2) is 11.6 Å². The number of hydrogen-bond donors (Lipinski definition) is 2. The van der Waals surface area contributed by atoms with Gasteiger partial charge < -0.3 is 11.1 Å². The zero-order chi connectivity index (χ0) is 14.6. The summed E-state index contributed by atoms with van der Waals surface area (Å²) in [6.07, 6.45) is -0.000486. The zero-order valence-corrected chi connectivity index (χ0v) is 12.7. The Bertz CT molecular complexity index is 468. The Morgan fingerprint density at radius 1 is 1.35 bits per heavy atom. The van der Waals surface area contributed by atoms with Gasteiger partial charge in [-0.3, -0.25) is 4.79 Å². The summed E-state index contributed by atoms with van der Waals surface area (Å²) < 4.78 is 25.8. The van der Waals surface area contributed by atoms with Crippen LogP contribution in [-0.2, 0) is 11.2 Å². The molecule has 0 bridgehead atoms. The second kappa shape index (κ2) is 7.55. The van der Waals surface area contributed by atoms with E-state index in [1.807, 2.05) is 20.8 Å². The topological polar surface area (TPSA) is 55.1 Å². The minimum atomic E-state index is -0.948. The molecule has 1 aromatic rings. The maximum atomic E-state index is 13.0. The second-order valence-electron chi connectivity index (χ2n) is 5.25. The van der Waals surface area contributed by atoms with Crippen molar-refractivity contribution in [1.82, 2.24) is 5.32 Å². The number of nitrogens with one attached hydrogen (secondary N) is 1. The van der Waals surface area contributed by atoms with E-state index >= 15 is 0 Å². The minimum Gasteiger partial charge on any atom is -0.349 e. The molecule has 0 heterocycles. The quantitative estimate of drug-likeness (QED) is 0.878. The summed E-state index contributed by atoms with van der Waals surface area (Å²) in [6.45, 7) is 6.10. The maximum absolute atomic E-state index is 13.0. The van der Waals surface area contributed by atoms with E-state index in [1.165, 1.54) is 6.07 Å². The summed E-state index contributed by atoms with van der Waals surface area (Å²) >= 11 is 0. The highest BCUT2D eigenvalue weighted by Crippen LogP contribution is 2.15. The summed E-state index contributed by atoms with van der Waals surface area (Å²) in [4.78, 5) is 11.9. The van der Waals surface area contributed by atoms with E-state index in [2.05, 4.69) is 5.32 Å². The fraction of sp³-hybridized carbons (Fsp3) is 0.500. The van der Waals surface area contributed by atoms with E-state index < -0.39 is 17.2 Å². The molecule has 0 fully saturated rings. The predicted molar refractivity (Wildman–Crippen MR) is 77.8 cm³/mol. The van der Waals surface area contributed by atoms with Gasteiger partial charge in [0.05, 0.1) is 12.0 Å². The molecule has 0 saturated carbocycles. The normalized spacial score (nSPS) is 13.6. The van der Waals surface area contributed by atoms with Crippen molar-refractivity contribution in [2.45, 2.75) is 32.7 Å². The van der Waals surface area contributed by atoms with Crippen molar-refractivity contribution in [2.24, 2.45) is 11.7 Å². The Balaban J connectivity index is 0.00000361. The Morgan fingerprint density at radius 2 is 1.95 bits per heavy atom. The third-order valence-corrected chi connectivity index (χ3v) is 3.47. The Hall–Kier alpha value is -1.20. The van der Waals surface area contributed by atoms with Crippen molar-refractivity contribution >= 4 is 18.3 Å². The SMILES string of the molecule is CC(C)C(C)(CN)NC(=O)Cc1ccc(F)c(F)c1.Cl. The third kappa shape index (κ3) is 4.72. The summed E-state index contributed by atoms with van der Waals surface area (Å²) in [5.41, 5.74) is 5.60. The molecule has 1 amide bonds. The molecule has 1 aromatic carbocycles. The van der Waals surface area contributed by atoms with Gasteiger partial charge in [0.1, 0.15) is 0 Å². The van der Waals surface area contributed by atoms with Crippen molar-refractivity contribution in [3.05, 3.63) is 35.4 Å². The monoisotopic (exact) mass is 306 g/mol. The number of benzene rings is 1. The van der Waals surface area contributed by atoms with Crippen LogP contribution in [0.2, 0.25) is 0 Å². The summed E-state index contributed by atoms with van der Waals surface area (Å²) in [5.74, 6) is -1.95. The lowest BCUT2D eigenvalue weighted by Crippen LogP contribution is -2.55. The first-order valence-corrected chi connectivity index (χ1v) is 6.23. The van der Waals surface area contributed by atoms with E-state index in [4.69, 9.17) is 5.73 Å². The fourth-order valence-corrected chi connectivity index (χ4v) is 1.63. The average Bonchev–Trinajstić information content (AvgIpc) is 2.33. The molecular weight excluding hydrogens is 286 g/mol. The number of amides is 1. The fourth-order valence-electron chi connectivity index (χ4n) is 1.63. The van der Waals surface area contributed by atoms with E-state index in [-0.39, 0.29) is 30.7 Å². The minimum absolute atomic E-state index is 0. The van der Waals surface area contributed by atoms with Gasteiger partial charge >= 0.3 is 0 Å². The van der Waals surface area contributed by atoms with E-state index in [0.29, 0.717) is 12.1 Å². The highest BCUT2D eigenvalue weighted by Gasteiger charge is 2.28. The molecule has 0 aliphatic rings. The molecular formula is C14H21ClF2N2O. The van der Waals surface area contributed by atoms with Crippen LogP contribution >= 0.6 is 12.4 Å². The van der Waals surface area contributed by atoms with E-state index in [0.717, 1.165) is 12.1 Å². The molecule has 3 N–H and O–H groups in total. The largest absolute Gasteiger partial charge is 0.349 e. The van der Waals surface area contributed by atoms with Crippen LogP contribution in [-0.4, -0.2) is 18.0 Å². The first-order chi connectivity index (χ1) is 8.78. The van der Waals surface area contributed by atoms with Crippen LogP contribution < -0.4 is 11.1 Å². The molecule has 0 radical (unpaired) electrons. The van der Waals surface area contributed by atoms with E-state index in [9.17, 15) is 13.6 Å². The summed E-state index contributed by atoms with van der Waals surface area (Å²) in [7, 11) is 0. The van der Waals surface area contributed by atoms with Gasteiger partial charge in [0, 0.05) is 6.54 Å². The van der Waals surface area contributed by atoms with Gasteiger partial charge in [0.25, 0.3) is 0 Å². The molecule has 0 aliphatic carbocycles. The predicted octanol–water partition coefficient (Wildman–Crippen LogP) is 2.42. The van der Waals surface area contributed by atoms with Gasteiger partial charge in [-0.2, -0.15) is 0 Å². The van der Waals surface area contributed by atoms with Crippen molar-refractivity contribution in [2.75, 3.05) is 6.54 Å². The first kappa shape index (κ1) is 18.8. The van der Waals surface area contributed by atoms with Crippen molar-refractivity contribution in [3.8, 4) is 0 Å². The van der Waals surface area contributed by atoms with Crippen LogP contribution in [0.15, 0.2) is 18.2 Å². The smallest absolute Gasteiger partial charge is 0.224 e. The van der Waals surface area contributed by atoms with E-state index in [1.54, 1.807) is 0 Å². The molecule has 114 valence electrons. The third-order valence-electron chi connectivity index (χ3n) is 3.47. The highest BCUT2D eigenvalue weighted by molar-refractivity contribution is 5.85. The van der Waals surface area contributed by atoms with Crippen LogP contribution in [0.25, 0.3) is 0 Å². The van der Waals surface area contributed by atoms with Crippen LogP contribution in [0, 0.1) is 17.6 Å². The average molecular weight is 307 g/mol. The van der Waals surface area contributed by atoms with Crippen LogP contribution in [0.4, 0.5) is 8.78 Å². The van der Waals surface area contributed by atoms with Crippen molar-refractivity contribution < 1.29 is 13.6 Å². The van der Waals surface area contributed by atoms with Crippen molar-refractivity contribution in [3.63, 3.8) is 0 Å². The highest BCUT2D eigenvalue weighted by atomic mass is 35.5. The van der Waals surface area contributed by atoms with Crippen LogP contribution in [0.5, 0.6) is 0 Å². The van der Waals surface area contributed by atoms with Crippen LogP contribution in [0.3, 0.4) is 0 Å². The Labute approximate surface area is 124 Å². The number of nitrogens with two attached hydrogens (primary N) is 1. The lowest BCUT2D eigenvalue weighted by Gasteiger charge is -2.33. The molecule has 1 unspecified atom stereocenters. The molecule has 1 rings (SSSR count). The summed E-state index contributed by atoms with van der Waals surface area (Å²) in [6, 6.07) is 3.44. The Kier molecular flexibility index (Phi) is 7.09. The van der Waals surface area contributed by atoms with Gasteiger partial charge in [-0.05, 0) is 30.5 Å². The standard InChI is InChI=1S/C14H20F2N2O.ClH/c1-9(2)14(3,8-17)18-13(19)7-10-4-5-11(15)12(16)6-10;/h4-6,9H,7-8,17H2,1-3H3,(H,18,19);1H. The molecule has 6 heteroatoms. The van der Waals surface area contributed by atoms with Gasteiger partial charge in [-0.1, -0.05) is 19.9 Å². The van der Waals surface area contributed by atoms with Gasteiger partial charge in [-0.25, -0.2) is 8.78 Å². The van der Waals surface area contributed by atoms with Crippen molar-refractivity contribution in [1.29, 1.82) is 0 Å². The number of carbonyl (C=O) groups excluding carboxylic acids is 1. The summed E-state index contributed by atoms with van der Waals surface area (Å²) in [5, 5.41) is 2.84. The molecule has 20 heavy (non-hydrogen) atoms. The maximum Gasteiger partial charge on any atom is 0.224 e. The molecule has 0 aliphatic heterocycles. The number of rotatable bonds is 5. The lowest BCUT2D eigenvalue weighted by atomic mass is 9.88. The lowest BCUT2D eigenvalue weighted by molar-refractivity contribution is -0.122. The first-order valence-electron chi connectivity index (χ1n) is 6.23. The molecule has 0 aromatic heterocycles. The zero-order valence-electron chi connectivity index (χ0n) is 11.9. The molecule has 0 spiro atoms. The molecule has 3 nitrogen and oxygen atoms in total. The van der Waals surface area contributed by atoms with Crippen LogP contribution in [0.1, 0.15) is 26.3 Å².